The lowest BCUT2D eigenvalue weighted by atomic mass is 10.1. The summed E-state index contributed by atoms with van der Waals surface area (Å²) in [5.41, 5.74) is 1.72. The molecule has 0 aromatic heterocycles. The molecule has 0 unspecified atom stereocenters. The number of amides is 1. The lowest BCUT2D eigenvalue weighted by Gasteiger charge is -2.10. The van der Waals surface area contributed by atoms with Crippen LogP contribution in [-0.4, -0.2) is 45.2 Å². The van der Waals surface area contributed by atoms with E-state index < -0.39 is 0 Å². The van der Waals surface area contributed by atoms with Crippen molar-refractivity contribution in [2.75, 3.05) is 33.4 Å². The van der Waals surface area contributed by atoms with Gasteiger partial charge < -0.3 is 20.7 Å². The molecule has 1 amide bonds. The maximum absolute atomic E-state index is 11.7. The van der Waals surface area contributed by atoms with Gasteiger partial charge in [0.1, 0.15) is 0 Å². The first-order chi connectivity index (χ1) is 10.7. The van der Waals surface area contributed by atoms with Gasteiger partial charge in [0, 0.05) is 32.3 Å². The van der Waals surface area contributed by atoms with Crippen LogP contribution in [0.15, 0.2) is 29.3 Å². The normalized spacial score (nSPS) is 11.1. The predicted octanol–water partition coefficient (Wildman–Crippen LogP) is 1.14. The van der Waals surface area contributed by atoms with Gasteiger partial charge in [-0.3, -0.25) is 4.79 Å². The summed E-state index contributed by atoms with van der Waals surface area (Å²) < 4.78 is 5.01. The van der Waals surface area contributed by atoms with E-state index in [0.29, 0.717) is 31.8 Å². The molecule has 0 aliphatic heterocycles. The molecule has 0 aliphatic rings. The van der Waals surface area contributed by atoms with Gasteiger partial charge in [0.25, 0.3) is 5.91 Å². The van der Waals surface area contributed by atoms with Gasteiger partial charge in [-0.15, -0.1) is 0 Å². The fourth-order valence-electron chi connectivity index (χ4n) is 1.81. The second kappa shape index (κ2) is 10.6. The van der Waals surface area contributed by atoms with Gasteiger partial charge in [-0.1, -0.05) is 12.1 Å². The number of nitrogens with zero attached hydrogens (tertiary/aromatic N) is 1. The van der Waals surface area contributed by atoms with Gasteiger partial charge in [0.05, 0.1) is 13.2 Å². The zero-order valence-corrected chi connectivity index (χ0v) is 13.6. The van der Waals surface area contributed by atoms with Gasteiger partial charge in [-0.05, 0) is 31.5 Å². The van der Waals surface area contributed by atoms with Crippen LogP contribution in [0.25, 0.3) is 0 Å². The molecule has 22 heavy (non-hydrogen) atoms. The Labute approximate surface area is 132 Å². The van der Waals surface area contributed by atoms with E-state index in [9.17, 15) is 4.79 Å². The average molecular weight is 306 g/mol. The van der Waals surface area contributed by atoms with Crippen LogP contribution in [0, 0.1) is 0 Å². The summed E-state index contributed by atoms with van der Waals surface area (Å²) in [5, 5.41) is 9.14. The highest BCUT2D eigenvalue weighted by atomic mass is 16.5. The van der Waals surface area contributed by atoms with E-state index in [2.05, 4.69) is 20.9 Å². The number of benzene rings is 1. The Morgan fingerprint density at radius 3 is 2.36 bits per heavy atom. The highest BCUT2D eigenvalue weighted by Crippen LogP contribution is 2.05. The summed E-state index contributed by atoms with van der Waals surface area (Å²) in [6.07, 6.45) is 0. The molecule has 0 bridgehead atoms. The minimum Gasteiger partial charge on any atom is -0.383 e. The molecule has 0 spiro atoms. The van der Waals surface area contributed by atoms with Crippen LogP contribution < -0.4 is 16.0 Å². The zero-order chi connectivity index (χ0) is 16.2. The van der Waals surface area contributed by atoms with Crippen molar-refractivity contribution in [2.45, 2.75) is 20.4 Å². The summed E-state index contributed by atoms with van der Waals surface area (Å²) in [7, 11) is 1.67. The molecule has 1 aromatic rings. The molecular weight excluding hydrogens is 280 g/mol. The molecular formula is C16H26N4O2. The molecule has 122 valence electrons. The summed E-state index contributed by atoms with van der Waals surface area (Å²) in [6, 6.07) is 7.49. The Balaban J connectivity index is 2.59. The molecule has 6 nitrogen and oxygen atoms in total. The summed E-state index contributed by atoms with van der Waals surface area (Å²) >= 11 is 0. The molecule has 6 heteroatoms. The number of nitrogens with one attached hydrogen (secondary N) is 3. The van der Waals surface area contributed by atoms with E-state index >= 15 is 0 Å². The van der Waals surface area contributed by atoms with E-state index in [1.54, 1.807) is 7.11 Å². The zero-order valence-electron chi connectivity index (χ0n) is 13.6. The van der Waals surface area contributed by atoms with Crippen LogP contribution in [0.4, 0.5) is 0 Å². The summed E-state index contributed by atoms with van der Waals surface area (Å²) in [5.74, 6) is 0.708. The van der Waals surface area contributed by atoms with E-state index in [0.717, 1.165) is 18.1 Å². The van der Waals surface area contributed by atoms with E-state index in [1.165, 1.54) is 0 Å². The third kappa shape index (κ3) is 6.58. The molecule has 0 heterocycles. The summed E-state index contributed by atoms with van der Waals surface area (Å²) in [6.45, 7) is 7.25. The maximum atomic E-state index is 11.7. The van der Waals surface area contributed by atoms with Crippen molar-refractivity contribution in [2.24, 2.45) is 4.99 Å². The quantitative estimate of drug-likeness (QED) is 0.382. The predicted molar refractivity (Wildman–Crippen MR) is 89.1 cm³/mol. The van der Waals surface area contributed by atoms with Crippen LogP contribution in [0.3, 0.4) is 0 Å². The fraction of sp³-hybridized carbons (Fsp3) is 0.500. The second-order valence-corrected chi connectivity index (χ2v) is 4.67. The van der Waals surface area contributed by atoms with Crippen LogP contribution in [0.1, 0.15) is 29.8 Å². The number of methoxy groups -OCH3 is 1. The number of rotatable bonds is 8. The summed E-state index contributed by atoms with van der Waals surface area (Å²) in [4.78, 5) is 16.2. The standard InChI is InChI=1S/C16H26N4O2/c1-4-17-15(21)14-8-6-13(7-9-14)12-20-16(18-5-2)19-10-11-22-3/h6-9H,4-5,10-12H2,1-3H3,(H,17,21)(H2,18,19,20). The SMILES string of the molecule is CCNC(=O)c1ccc(CN=C(NCC)NCCOC)cc1. The molecule has 1 rings (SSSR count). The second-order valence-electron chi connectivity index (χ2n) is 4.67. The molecule has 0 atom stereocenters. The van der Waals surface area contributed by atoms with Crippen molar-refractivity contribution in [3.8, 4) is 0 Å². The van der Waals surface area contributed by atoms with E-state index in [4.69, 9.17) is 4.74 Å². The van der Waals surface area contributed by atoms with Gasteiger partial charge in [-0.2, -0.15) is 0 Å². The minimum atomic E-state index is -0.0490. The largest absolute Gasteiger partial charge is 0.383 e. The molecule has 1 aromatic carbocycles. The van der Waals surface area contributed by atoms with Crippen LogP contribution in [0.5, 0.6) is 0 Å². The van der Waals surface area contributed by atoms with Crippen molar-refractivity contribution < 1.29 is 9.53 Å². The Morgan fingerprint density at radius 2 is 1.77 bits per heavy atom. The first-order valence-corrected chi connectivity index (χ1v) is 7.59. The Hall–Kier alpha value is -2.08. The number of guanidine groups is 1. The van der Waals surface area contributed by atoms with Gasteiger partial charge in [0.2, 0.25) is 0 Å². The lowest BCUT2D eigenvalue weighted by Crippen LogP contribution is -2.38. The third-order valence-corrected chi connectivity index (χ3v) is 2.92. The highest BCUT2D eigenvalue weighted by Gasteiger charge is 2.03. The third-order valence-electron chi connectivity index (χ3n) is 2.92. The number of carbonyl (C=O) groups is 1. The number of ether oxygens (including phenoxy) is 1. The van der Waals surface area contributed by atoms with Crippen LogP contribution in [0.2, 0.25) is 0 Å². The monoisotopic (exact) mass is 306 g/mol. The van der Waals surface area contributed by atoms with Crippen molar-refractivity contribution in [3.63, 3.8) is 0 Å². The molecule has 3 N–H and O–H groups in total. The van der Waals surface area contributed by atoms with Crippen molar-refractivity contribution in [1.29, 1.82) is 0 Å². The number of carbonyl (C=O) groups excluding carboxylic acids is 1. The average Bonchev–Trinajstić information content (AvgIpc) is 2.53. The highest BCUT2D eigenvalue weighted by molar-refractivity contribution is 5.94. The fourth-order valence-corrected chi connectivity index (χ4v) is 1.81. The van der Waals surface area contributed by atoms with Crippen molar-refractivity contribution in [3.05, 3.63) is 35.4 Å². The van der Waals surface area contributed by atoms with E-state index in [-0.39, 0.29) is 5.91 Å². The maximum Gasteiger partial charge on any atom is 0.251 e. The molecule has 0 radical (unpaired) electrons. The first-order valence-electron chi connectivity index (χ1n) is 7.59. The van der Waals surface area contributed by atoms with Crippen molar-refractivity contribution in [1.82, 2.24) is 16.0 Å². The van der Waals surface area contributed by atoms with Crippen LogP contribution >= 0.6 is 0 Å². The van der Waals surface area contributed by atoms with E-state index in [1.807, 2.05) is 38.1 Å². The van der Waals surface area contributed by atoms with Crippen molar-refractivity contribution >= 4 is 11.9 Å². The molecule has 0 saturated carbocycles. The molecule has 0 aliphatic carbocycles. The Kier molecular flexibility index (Phi) is 8.67. The first kappa shape index (κ1) is 18.0. The van der Waals surface area contributed by atoms with Gasteiger partial charge in [0.15, 0.2) is 5.96 Å². The van der Waals surface area contributed by atoms with Gasteiger partial charge in [-0.25, -0.2) is 4.99 Å². The lowest BCUT2D eigenvalue weighted by molar-refractivity contribution is 0.0956. The molecule has 0 fully saturated rings. The number of hydrogen-bond donors (Lipinski definition) is 3. The molecule has 0 saturated heterocycles. The van der Waals surface area contributed by atoms with Crippen LogP contribution in [-0.2, 0) is 11.3 Å². The topological polar surface area (TPSA) is 74.8 Å². The number of aliphatic imine (C=N–C) groups is 1. The Morgan fingerprint density at radius 1 is 1.09 bits per heavy atom. The number of hydrogen-bond acceptors (Lipinski definition) is 3. The van der Waals surface area contributed by atoms with Gasteiger partial charge >= 0.3 is 0 Å². The minimum absolute atomic E-state index is 0.0490. The Bertz CT molecular complexity index is 472. The smallest absolute Gasteiger partial charge is 0.251 e.